The molecule has 0 spiro atoms. The first-order valence-corrected chi connectivity index (χ1v) is 6.77. The number of rotatable bonds is 2. The number of para-hydroxylation sites is 1. The Kier molecular flexibility index (Phi) is 4.12. The number of aryl methyl sites for hydroxylation is 1. The summed E-state index contributed by atoms with van der Waals surface area (Å²) in [5.74, 6) is -0.273. The zero-order chi connectivity index (χ0) is 14.0. The van der Waals surface area contributed by atoms with Crippen LogP contribution in [0.5, 0.6) is 0 Å². The molecule has 0 saturated carbocycles. The van der Waals surface area contributed by atoms with Crippen LogP contribution in [0.3, 0.4) is 0 Å². The zero-order valence-electron chi connectivity index (χ0n) is 10.2. The highest BCUT2D eigenvalue weighted by Gasteiger charge is 2.12. The van der Waals surface area contributed by atoms with E-state index >= 15 is 0 Å². The SMILES string of the molecule is Cc1cccc(C(=O)Nc2ccc(Br)cc2Cl)c1N. The van der Waals surface area contributed by atoms with Gasteiger partial charge in [0.2, 0.25) is 0 Å². The largest absolute Gasteiger partial charge is 0.398 e. The lowest BCUT2D eigenvalue weighted by Crippen LogP contribution is -2.14. The van der Waals surface area contributed by atoms with Gasteiger partial charge in [-0.05, 0) is 36.8 Å². The Hall–Kier alpha value is -1.52. The molecule has 1 amide bonds. The molecule has 0 bridgehead atoms. The lowest BCUT2D eigenvalue weighted by atomic mass is 10.1. The van der Waals surface area contributed by atoms with E-state index in [0.29, 0.717) is 22.0 Å². The van der Waals surface area contributed by atoms with Gasteiger partial charge in [-0.1, -0.05) is 39.7 Å². The van der Waals surface area contributed by atoms with Crippen molar-refractivity contribution in [1.82, 2.24) is 0 Å². The summed E-state index contributed by atoms with van der Waals surface area (Å²) in [6.45, 7) is 1.86. The quantitative estimate of drug-likeness (QED) is 0.804. The average molecular weight is 340 g/mol. The van der Waals surface area contributed by atoms with Crippen molar-refractivity contribution in [3.63, 3.8) is 0 Å². The van der Waals surface area contributed by atoms with Crippen LogP contribution in [0.4, 0.5) is 11.4 Å². The zero-order valence-corrected chi connectivity index (χ0v) is 12.5. The van der Waals surface area contributed by atoms with Gasteiger partial charge in [-0.25, -0.2) is 0 Å². The molecule has 0 heterocycles. The Morgan fingerprint density at radius 2 is 2.05 bits per heavy atom. The van der Waals surface area contributed by atoms with E-state index in [-0.39, 0.29) is 5.91 Å². The third kappa shape index (κ3) is 3.08. The second kappa shape index (κ2) is 5.63. The molecule has 5 heteroatoms. The summed E-state index contributed by atoms with van der Waals surface area (Å²) in [5.41, 5.74) is 8.24. The standard InChI is InChI=1S/C14H12BrClN2O/c1-8-3-2-4-10(13(8)17)14(19)18-12-6-5-9(15)7-11(12)16/h2-7H,17H2,1H3,(H,18,19). The predicted molar refractivity (Wildman–Crippen MR) is 82.7 cm³/mol. The van der Waals surface area contributed by atoms with Crippen LogP contribution in [-0.4, -0.2) is 5.91 Å². The van der Waals surface area contributed by atoms with Gasteiger partial charge in [-0.2, -0.15) is 0 Å². The summed E-state index contributed by atoms with van der Waals surface area (Å²) in [7, 11) is 0. The molecule has 0 aliphatic carbocycles. The molecule has 0 radical (unpaired) electrons. The Labute approximate surface area is 124 Å². The van der Waals surface area contributed by atoms with E-state index in [0.717, 1.165) is 10.0 Å². The number of nitrogen functional groups attached to an aromatic ring is 1. The Balaban J connectivity index is 2.28. The molecule has 0 aromatic heterocycles. The summed E-state index contributed by atoms with van der Waals surface area (Å²) >= 11 is 9.37. The number of nitrogens with two attached hydrogens (primary N) is 1. The van der Waals surface area contributed by atoms with E-state index in [2.05, 4.69) is 21.2 Å². The molecule has 3 nitrogen and oxygen atoms in total. The molecule has 0 fully saturated rings. The maximum atomic E-state index is 12.2. The molecule has 2 aromatic rings. The van der Waals surface area contributed by atoms with Crippen molar-refractivity contribution in [3.05, 3.63) is 57.0 Å². The highest BCUT2D eigenvalue weighted by Crippen LogP contribution is 2.27. The summed E-state index contributed by atoms with van der Waals surface area (Å²) in [5, 5.41) is 3.22. The lowest BCUT2D eigenvalue weighted by molar-refractivity contribution is 0.102. The number of benzene rings is 2. The lowest BCUT2D eigenvalue weighted by Gasteiger charge is -2.10. The molecule has 19 heavy (non-hydrogen) atoms. The Morgan fingerprint density at radius 1 is 1.32 bits per heavy atom. The number of anilines is 2. The van der Waals surface area contributed by atoms with E-state index in [1.54, 1.807) is 30.3 Å². The first-order valence-electron chi connectivity index (χ1n) is 5.60. The van der Waals surface area contributed by atoms with E-state index in [9.17, 15) is 4.79 Å². The normalized spacial score (nSPS) is 10.3. The third-order valence-electron chi connectivity index (χ3n) is 2.75. The highest BCUT2D eigenvalue weighted by atomic mass is 79.9. The average Bonchev–Trinajstić information content (AvgIpc) is 2.36. The van der Waals surface area contributed by atoms with Crippen LogP contribution in [0, 0.1) is 6.92 Å². The van der Waals surface area contributed by atoms with Crippen molar-refractivity contribution < 1.29 is 4.79 Å². The minimum Gasteiger partial charge on any atom is -0.398 e. The fourth-order valence-corrected chi connectivity index (χ4v) is 2.38. The molecule has 0 saturated heterocycles. The van der Waals surface area contributed by atoms with Crippen LogP contribution in [0.2, 0.25) is 5.02 Å². The summed E-state index contributed by atoms with van der Waals surface area (Å²) in [6.07, 6.45) is 0. The summed E-state index contributed by atoms with van der Waals surface area (Å²) in [6, 6.07) is 10.6. The molecule has 3 N–H and O–H groups in total. The van der Waals surface area contributed by atoms with Gasteiger partial charge in [0, 0.05) is 10.2 Å². The van der Waals surface area contributed by atoms with Gasteiger partial charge in [0.15, 0.2) is 0 Å². The second-order valence-electron chi connectivity index (χ2n) is 4.11. The number of nitrogens with one attached hydrogen (secondary N) is 1. The number of carbonyl (C=O) groups excluding carboxylic acids is 1. The van der Waals surface area contributed by atoms with Crippen LogP contribution >= 0.6 is 27.5 Å². The molecular weight excluding hydrogens is 328 g/mol. The first kappa shape index (κ1) is 13.9. The monoisotopic (exact) mass is 338 g/mol. The van der Waals surface area contributed by atoms with Crippen LogP contribution in [0.15, 0.2) is 40.9 Å². The maximum Gasteiger partial charge on any atom is 0.257 e. The topological polar surface area (TPSA) is 55.1 Å². The fourth-order valence-electron chi connectivity index (χ4n) is 1.66. The fraction of sp³-hybridized carbons (Fsp3) is 0.0714. The van der Waals surface area contributed by atoms with Gasteiger partial charge in [0.1, 0.15) is 0 Å². The molecule has 0 atom stereocenters. The number of hydrogen-bond donors (Lipinski definition) is 2. The summed E-state index contributed by atoms with van der Waals surface area (Å²) in [4.78, 5) is 12.2. The van der Waals surface area contributed by atoms with Crippen LogP contribution in [0.25, 0.3) is 0 Å². The van der Waals surface area contributed by atoms with Gasteiger partial charge in [0.05, 0.1) is 16.3 Å². The minimum atomic E-state index is -0.273. The van der Waals surface area contributed by atoms with Crippen molar-refractivity contribution >= 4 is 44.8 Å². The predicted octanol–water partition coefficient (Wildman–Crippen LogP) is 4.25. The Morgan fingerprint density at radius 3 is 2.74 bits per heavy atom. The van der Waals surface area contributed by atoms with Crippen LogP contribution in [0.1, 0.15) is 15.9 Å². The summed E-state index contributed by atoms with van der Waals surface area (Å²) < 4.78 is 0.852. The number of halogens is 2. The van der Waals surface area contributed by atoms with Crippen molar-refractivity contribution in [2.75, 3.05) is 11.1 Å². The second-order valence-corrected chi connectivity index (χ2v) is 5.44. The van der Waals surface area contributed by atoms with Gasteiger partial charge in [-0.3, -0.25) is 4.79 Å². The maximum absolute atomic E-state index is 12.2. The number of carbonyl (C=O) groups is 1. The molecular formula is C14H12BrClN2O. The highest BCUT2D eigenvalue weighted by molar-refractivity contribution is 9.10. The first-order chi connectivity index (χ1) is 8.99. The van der Waals surface area contributed by atoms with E-state index in [4.69, 9.17) is 17.3 Å². The smallest absolute Gasteiger partial charge is 0.257 e. The van der Waals surface area contributed by atoms with Crippen molar-refractivity contribution in [3.8, 4) is 0 Å². The molecule has 0 aliphatic heterocycles. The van der Waals surface area contributed by atoms with E-state index in [1.807, 2.05) is 13.0 Å². The van der Waals surface area contributed by atoms with Gasteiger partial charge in [0.25, 0.3) is 5.91 Å². The molecule has 0 unspecified atom stereocenters. The van der Waals surface area contributed by atoms with Crippen LogP contribution < -0.4 is 11.1 Å². The van der Waals surface area contributed by atoms with E-state index < -0.39 is 0 Å². The van der Waals surface area contributed by atoms with Crippen molar-refractivity contribution in [1.29, 1.82) is 0 Å². The van der Waals surface area contributed by atoms with Crippen LogP contribution in [-0.2, 0) is 0 Å². The molecule has 98 valence electrons. The molecule has 0 aliphatic rings. The number of amides is 1. The van der Waals surface area contributed by atoms with E-state index in [1.165, 1.54) is 0 Å². The molecule has 2 rings (SSSR count). The van der Waals surface area contributed by atoms with Gasteiger partial charge < -0.3 is 11.1 Å². The van der Waals surface area contributed by atoms with Gasteiger partial charge in [-0.15, -0.1) is 0 Å². The Bertz CT molecular complexity index is 643. The van der Waals surface area contributed by atoms with Crippen molar-refractivity contribution in [2.24, 2.45) is 0 Å². The minimum absolute atomic E-state index is 0.273. The van der Waals surface area contributed by atoms with Gasteiger partial charge >= 0.3 is 0 Å². The number of hydrogen-bond acceptors (Lipinski definition) is 2. The third-order valence-corrected chi connectivity index (χ3v) is 3.55. The van der Waals surface area contributed by atoms with Crippen molar-refractivity contribution in [2.45, 2.75) is 6.92 Å². The molecule has 2 aromatic carbocycles.